The number of methoxy groups -OCH3 is 1. The zero-order valence-electron chi connectivity index (χ0n) is 16.3. The smallest absolute Gasteiger partial charge is 0.262 e. The molecule has 1 saturated carbocycles. The van der Waals surface area contributed by atoms with Gasteiger partial charge in [-0.25, -0.2) is 0 Å². The fourth-order valence-electron chi connectivity index (χ4n) is 3.28. The Bertz CT molecular complexity index is 926. The zero-order chi connectivity index (χ0) is 20.6. The van der Waals surface area contributed by atoms with Crippen LogP contribution in [0.15, 0.2) is 48.0 Å². The van der Waals surface area contributed by atoms with E-state index >= 15 is 0 Å². The fraction of sp³-hybridized carbons (Fsp3) is 0.304. The number of carbonyl (C=O) groups is 1. The van der Waals surface area contributed by atoms with Crippen molar-refractivity contribution >= 4 is 34.6 Å². The summed E-state index contributed by atoms with van der Waals surface area (Å²) in [5, 5.41) is 12.4. The third-order valence-electron chi connectivity index (χ3n) is 4.86. The Labute approximate surface area is 184 Å². The van der Waals surface area contributed by atoms with Crippen molar-refractivity contribution in [1.82, 2.24) is 5.32 Å². The number of nitriles is 1. The Kier molecular flexibility index (Phi) is 7.53. The quantitative estimate of drug-likeness (QED) is 0.334. The number of carbonyl (C=O) groups excluding carboxylic acids is 1. The highest BCUT2D eigenvalue weighted by Gasteiger charge is 2.19. The third-order valence-corrected chi connectivity index (χ3v) is 5.58. The third kappa shape index (κ3) is 5.97. The van der Waals surface area contributed by atoms with Gasteiger partial charge in [0.2, 0.25) is 0 Å². The van der Waals surface area contributed by atoms with Crippen LogP contribution in [0.2, 0.25) is 0 Å². The highest BCUT2D eigenvalue weighted by Crippen LogP contribution is 2.30. The van der Waals surface area contributed by atoms with Gasteiger partial charge in [-0.05, 0) is 76.9 Å². The molecule has 1 aliphatic rings. The average molecular weight is 502 g/mol. The van der Waals surface area contributed by atoms with E-state index in [-0.39, 0.29) is 17.5 Å². The summed E-state index contributed by atoms with van der Waals surface area (Å²) in [5.74, 6) is 0.840. The summed E-state index contributed by atoms with van der Waals surface area (Å²) in [5.41, 5.74) is 1.86. The number of benzene rings is 2. The second kappa shape index (κ2) is 10.3. The van der Waals surface area contributed by atoms with Gasteiger partial charge in [-0.15, -0.1) is 0 Å². The number of halogens is 1. The van der Waals surface area contributed by atoms with Crippen LogP contribution in [0.3, 0.4) is 0 Å². The maximum absolute atomic E-state index is 12.4. The number of hydrogen-bond donors (Lipinski definition) is 1. The SMILES string of the molecule is COc1cc(/C=C(/C#N)C(=O)NC2CCCC2)ccc1OCc1ccc(I)cc1. The van der Waals surface area contributed by atoms with Crippen LogP contribution in [0.4, 0.5) is 0 Å². The minimum Gasteiger partial charge on any atom is -0.493 e. The molecule has 2 aromatic carbocycles. The van der Waals surface area contributed by atoms with E-state index in [0.29, 0.717) is 23.7 Å². The second-order valence-corrected chi connectivity index (χ2v) is 8.20. The second-order valence-electron chi connectivity index (χ2n) is 6.95. The summed E-state index contributed by atoms with van der Waals surface area (Å²) >= 11 is 2.26. The highest BCUT2D eigenvalue weighted by atomic mass is 127. The molecule has 0 heterocycles. The van der Waals surface area contributed by atoms with Crippen LogP contribution in [0.5, 0.6) is 11.5 Å². The van der Waals surface area contributed by atoms with Gasteiger partial charge in [-0.2, -0.15) is 5.26 Å². The first-order chi connectivity index (χ1) is 14.1. The lowest BCUT2D eigenvalue weighted by Crippen LogP contribution is -2.33. The fourth-order valence-corrected chi connectivity index (χ4v) is 3.64. The monoisotopic (exact) mass is 502 g/mol. The number of rotatable bonds is 7. The summed E-state index contributed by atoms with van der Waals surface area (Å²) in [4.78, 5) is 12.4. The van der Waals surface area contributed by atoms with E-state index in [1.54, 1.807) is 25.3 Å². The molecule has 0 spiro atoms. The molecule has 0 unspecified atom stereocenters. The molecule has 0 aliphatic heterocycles. The minimum absolute atomic E-state index is 0.0894. The van der Waals surface area contributed by atoms with E-state index in [4.69, 9.17) is 9.47 Å². The largest absolute Gasteiger partial charge is 0.493 e. The standard InChI is InChI=1S/C23H23IN2O3/c1-28-22-13-17(12-18(14-25)23(27)26-20-4-2-3-5-20)8-11-21(22)29-15-16-6-9-19(24)10-7-16/h6-13,20H,2-5,15H2,1H3,(H,26,27)/b18-12-. The summed E-state index contributed by atoms with van der Waals surface area (Å²) in [6, 6.07) is 15.7. The number of hydrogen-bond acceptors (Lipinski definition) is 4. The number of ether oxygens (including phenoxy) is 2. The molecule has 1 amide bonds. The van der Waals surface area contributed by atoms with Crippen LogP contribution in [-0.4, -0.2) is 19.1 Å². The van der Waals surface area contributed by atoms with Crippen molar-refractivity contribution in [2.45, 2.75) is 38.3 Å². The molecule has 0 atom stereocenters. The van der Waals surface area contributed by atoms with Crippen molar-refractivity contribution in [3.05, 3.63) is 62.7 Å². The van der Waals surface area contributed by atoms with Crippen LogP contribution in [0.1, 0.15) is 36.8 Å². The zero-order valence-corrected chi connectivity index (χ0v) is 18.4. The van der Waals surface area contributed by atoms with Gasteiger partial charge in [0, 0.05) is 9.61 Å². The van der Waals surface area contributed by atoms with Crippen LogP contribution in [0, 0.1) is 14.9 Å². The summed E-state index contributed by atoms with van der Waals surface area (Å²) in [6.07, 6.45) is 5.78. The van der Waals surface area contributed by atoms with Crippen molar-refractivity contribution in [1.29, 1.82) is 5.26 Å². The van der Waals surface area contributed by atoms with Gasteiger partial charge in [0.05, 0.1) is 7.11 Å². The summed E-state index contributed by atoms with van der Waals surface area (Å²) < 4.78 is 12.5. The minimum atomic E-state index is -0.322. The predicted octanol–water partition coefficient (Wildman–Crippen LogP) is 4.84. The molecule has 0 aromatic heterocycles. The van der Waals surface area contributed by atoms with Gasteiger partial charge in [0.25, 0.3) is 5.91 Å². The molecule has 5 nitrogen and oxygen atoms in total. The maximum Gasteiger partial charge on any atom is 0.262 e. The van der Waals surface area contributed by atoms with Crippen LogP contribution in [-0.2, 0) is 11.4 Å². The lowest BCUT2D eigenvalue weighted by molar-refractivity contribution is -0.117. The number of nitrogens with zero attached hydrogens (tertiary/aromatic N) is 1. The van der Waals surface area contributed by atoms with Gasteiger partial charge in [-0.1, -0.05) is 31.0 Å². The van der Waals surface area contributed by atoms with Crippen LogP contribution >= 0.6 is 22.6 Å². The first-order valence-corrected chi connectivity index (χ1v) is 10.6. The summed E-state index contributed by atoms with van der Waals surface area (Å²) in [6.45, 7) is 0.426. The molecule has 29 heavy (non-hydrogen) atoms. The Hall–Kier alpha value is -2.53. The van der Waals surface area contributed by atoms with Crippen molar-refractivity contribution in [3.63, 3.8) is 0 Å². The molecule has 1 fully saturated rings. The van der Waals surface area contributed by atoms with E-state index in [1.807, 2.05) is 36.4 Å². The molecule has 0 bridgehead atoms. The van der Waals surface area contributed by atoms with E-state index in [1.165, 1.54) is 3.57 Å². The molecule has 3 rings (SSSR count). The van der Waals surface area contributed by atoms with Crippen molar-refractivity contribution in [2.75, 3.05) is 7.11 Å². The Morgan fingerprint density at radius 1 is 1.21 bits per heavy atom. The highest BCUT2D eigenvalue weighted by molar-refractivity contribution is 14.1. The molecule has 1 aliphatic carbocycles. The van der Waals surface area contributed by atoms with Crippen LogP contribution in [0.25, 0.3) is 6.08 Å². The van der Waals surface area contributed by atoms with Crippen molar-refractivity contribution in [2.24, 2.45) is 0 Å². The van der Waals surface area contributed by atoms with E-state index < -0.39 is 0 Å². The van der Waals surface area contributed by atoms with Gasteiger partial charge in [-0.3, -0.25) is 4.79 Å². The average Bonchev–Trinajstić information content (AvgIpc) is 3.24. The van der Waals surface area contributed by atoms with Crippen molar-refractivity contribution < 1.29 is 14.3 Å². The molecular weight excluding hydrogens is 479 g/mol. The molecule has 150 valence electrons. The van der Waals surface area contributed by atoms with Gasteiger partial charge in [0.1, 0.15) is 18.2 Å². The van der Waals surface area contributed by atoms with E-state index in [9.17, 15) is 10.1 Å². The number of amides is 1. The summed E-state index contributed by atoms with van der Waals surface area (Å²) in [7, 11) is 1.57. The lowest BCUT2D eigenvalue weighted by Gasteiger charge is -2.12. The Balaban J connectivity index is 1.70. The van der Waals surface area contributed by atoms with Gasteiger partial charge >= 0.3 is 0 Å². The predicted molar refractivity (Wildman–Crippen MR) is 120 cm³/mol. The van der Waals surface area contributed by atoms with Gasteiger partial charge < -0.3 is 14.8 Å². The first-order valence-electron chi connectivity index (χ1n) is 9.57. The maximum atomic E-state index is 12.4. The number of nitrogens with one attached hydrogen (secondary N) is 1. The molecule has 1 N–H and O–H groups in total. The van der Waals surface area contributed by atoms with Crippen molar-refractivity contribution in [3.8, 4) is 17.6 Å². The molecule has 2 aromatic rings. The normalized spacial score (nSPS) is 14.3. The topological polar surface area (TPSA) is 71.3 Å². The lowest BCUT2D eigenvalue weighted by atomic mass is 10.1. The Morgan fingerprint density at radius 2 is 1.93 bits per heavy atom. The van der Waals surface area contributed by atoms with Crippen LogP contribution < -0.4 is 14.8 Å². The molecule has 0 saturated heterocycles. The Morgan fingerprint density at radius 3 is 2.59 bits per heavy atom. The molecule has 0 radical (unpaired) electrons. The first kappa shape index (κ1) is 21.2. The molecular formula is C23H23IN2O3. The van der Waals surface area contributed by atoms with E-state index in [0.717, 1.165) is 31.2 Å². The molecule has 6 heteroatoms. The van der Waals surface area contributed by atoms with Gasteiger partial charge in [0.15, 0.2) is 11.5 Å². The van der Waals surface area contributed by atoms with E-state index in [2.05, 4.69) is 27.9 Å².